The van der Waals surface area contributed by atoms with E-state index in [0.717, 1.165) is 16.7 Å². The topological polar surface area (TPSA) is 50.7 Å². The van der Waals surface area contributed by atoms with Crippen molar-refractivity contribution in [1.29, 1.82) is 0 Å². The summed E-state index contributed by atoms with van der Waals surface area (Å²) in [5.41, 5.74) is 5.56. The van der Waals surface area contributed by atoms with E-state index in [4.69, 9.17) is 4.74 Å². The van der Waals surface area contributed by atoms with Gasteiger partial charge in [-0.15, -0.1) is 0 Å². The summed E-state index contributed by atoms with van der Waals surface area (Å²) in [7, 11) is 0. The molecular weight excluding hydrogens is 288 g/mol. The molecule has 0 aliphatic rings. The molecule has 0 aliphatic carbocycles. The molecule has 0 fully saturated rings. The number of allylic oxidation sites excluding steroid dienone is 1. The zero-order valence-electron chi connectivity index (χ0n) is 13.3. The standard InChI is InChI=1S/C19H20N2O2/c1-15-7-6-10-18(12-15)23-14-19(22)21-20-13-16(2)11-17-8-4-3-5-9-17/h3-13H,14H2,1-2H3,(H,21,22)/b16-11+,20-13-. The summed E-state index contributed by atoms with van der Waals surface area (Å²) in [5.74, 6) is 0.375. The number of ether oxygens (including phenoxy) is 1. The first-order valence-electron chi connectivity index (χ1n) is 7.38. The highest BCUT2D eigenvalue weighted by Crippen LogP contribution is 2.11. The minimum absolute atomic E-state index is 0.0672. The monoisotopic (exact) mass is 308 g/mol. The number of carbonyl (C=O) groups excluding carboxylic acids is 1. The Kier molecular flexibility index (Phi) is 6.12. The lowest BCUT2D eigenvalue weighted by molar-refractivity contribution is -0.123. The van der Waals surface area contributed by atoms with E-state index in [0.29, 0.717) is 5.75 Å². The average molecular weight is 308 g/mol. The summed E-state index contributed by atoms with van der Waals surface area (Å²) in [6.45, 7) is 3.83. The van der Waals surface area contributed by atoms with E-state index in [-0.39, 0.29) is 12.5 Å². The fourth-order valence-corrected chi connectivity index (χ4v) is 1.94. The van der Waals surface area contributed by atoms with Crippen molar-refractivity contribution >= 4 is 18.2 Å². The van der Waals surface area contributed by atoms with Gasteiger partial charge in [-0.05, 0) is 42.7 Å². The molecule has 1 amide bonds. The summed E-state index contributed by atoms with van der Waals surface area (Å²) < 4.78 is 5.40. The Morgan fingerprint density at radius 2 is 1.96 bits per heavy atom. The Morgan fingerprint density at radius 3 is 2.70 bits per heavy atom. The summed E-state index contributed by atoms with van der Waals surface area (Å²) in [5, 5.41) is 3.92. The van der Waals surface area contributed by atoms with Gasteiger partial charge in [0.1, 0.15) is 5.75 Å². The Hall–Kier alpha value is -2.88. The lowest BCUT2D eigenvalue weighted by Crippen LogP contribution is -2.24. The van der Waals surface area contributed by atoms with Crippen LogP contribution in [-0.2, 0) is 4.79 Å². The molecule has 2 aromatic carbocycles. The fourth-order valence-electron chi connectivity index (χ4n) is 1.94. The molecule has 0 saturated heterocycles. The number of hydrogen-bond acceptors (Lipinski definition) is 3. The Balaban J connectivity index is 1.78. The summed E-state index contributed by atoms with van der Waals surface area (Å²) in [6.07, 6.45) is 3.59. The van der Waals surface area contributed by atoms with Gasteiger partial charge in [-0.2, -0.15) is 5.10 Å². The third-order valence-corrected chi connectivity index (χ3v) is 3.01. The highest BCUT2D eigenvalue weighted by atomic mass is 16.5. The summed E-state index contributed by atoms with van der Waals surface area (Å²) >= 11 is 0. The van der Waals surface area contributed by atoms with Gasteiger partial charge >= 0.3 is 0 Å². The Labute approximate surface area is 136 Å². The summed E-state index contributed by atoms with van der Waals surface area (Å²) in [6, 6.07) is 17.5. The number of carbonyl (C=O) groups is 1. The van der Waals surface area contributed by atoms with Crippen molar-refractivity contribution in [2.24, 2.45) is 5.10 Å². The smallest absolute Gasteiger partial charge is 0.277 e. The molecule has 0 saturated carbocycles. The molecule has 0 spiro atoms. The zero-order valence-corrected chi connectivity index (χ0v) is 13.3. The second kappa shape index (κ2) is 8.54. The van der Waals surface area contributed by atoms with Crippen LogP contribution in [0, 0.1) is 6.92 Å². The third-order valence-electron chi connectivity index (χ3n) is 3.01. The predicted octanol–water partition coefficient (Wildman–Crippen LogP) is 3.58. The molecule has 2 aromatic rings. The van der Waals surface area contributed by atoms with E-state index in [1.54, 1.807) is 6.21 Å². The third kappa shape index (κ3) is 6.18. The van der Waals surface area contributed by atoms with E-state index in [2.05, 4.69) is 10.5 Å². The largest absolute Gasteiger partial charge is 0.484 e. The van der Waals surface area contributed by atoms with Crippen molar-refractivity contribution in [1.82, 2.24) is 5.43 Å². The lowest BCUT2D eigenvalue weighted by atomic mass is 10.1. The van der Waals surface area contributed by atoms with Gasteiger partial charge in [0.15, 0.2) is 6.61 Å². The molecule has 2 rings (SSSR count). The second-order valence-corrected chi connectivity index (χ2v) is 5.20. The van der Waals surface area contributed by atoms with Crippen molar-refractivity contribution in [2.45, 2.75) is 13.8 Å². The first-order valence-corrected chi connectivity index (χ1v) is 7.38. The number of hydrazone groups is 1. The van der Waals surface area contributed by atoms with E-state index in [1.807, 2.05) is 74.5 Å². The maximum Gasteiger partial charge on any atom is 0.277 e. The van der Waals surface area contributed by atoms with Crippen molar-refractivity contribution in [3.8, 4) is 5.75 Å². The number of hydrogen-bond donors (Lipinski definition) is 1. The van der Waals surface area contributed by atoms with Crippen LogP contribution in [0.5, 0.6) is 5.75 Å². The molecule has 0 aliphatic heterocycles. The van der Waals surface area contributed by atoms with Crippen LogP contribution in [0.1, 0.15) is 18.1 Å². The number of rotatable bonds is 6. The van der Waals surface area contributed by atoms with Gasteiger partial charge in [-0.25, -0.2) is 5.43 Å². The van der Waals surface area contributed by atoms with E-state index < -0.39 is 0 Å². The van der Waals surface area contributed by atoms with Gasteiger partial charge in [0.25, 0.3) is 5.91 Å². The number of amides is 1. The highest BCUT2D eigenvalue weighted by molar-refractivity contribution is 5.86. The maximum absolute atomic E-state index is 11.7. The van der Waals surface area contributed by atoms with E-state index >= 15 is 0 Å². The molecule has 4 heteroatoms. The van der Waals surface area contributed by atoms with E-state index in [1.165, 1.54) is 0 Å². The van der Waals surface area contributed by atoms with Gasteiger partial charge in [0, 0.05) is 0 Å². The van der Waals surface area contributed by atoms with Crippen LogP contribution in [0.25, 0.3) is 6.08 Å². The summed E-state index contributed by atoms with van der Waals surface area (Å²) in [4.78, 5) is 11.7. The first-order chi connectivity index (χ1) is 11.1. The highest BCUT2D eigenvalue weighted by Gasteiger charge is 2.01. The molecule has 0 unspecified atom stereocenters. The minimum atomic E-state index is -0.296. The first kappa shape index (κ1) is 16.5. The predicted molar refractivity (Wildman–Crippen MR) is 93.4 cm³/mol. The molecule has 0 aromatic heterocycles. The SMILES string of the molecule is CC(/C=N\NC(=O)COc1cccc(C)c1)=C\c1ccccc1. The Morgan fingerprint density at radius 1 is 1.17 bits per heavy atom. The molecule has 0 heterocycles. The second-order valence-electron chi connectivity index (χ2n) is 5.20. The molecule has 0 radical (unpaired) electrons. The molecule has 4 nitrogen and oxygen atoms in total. The van der Waals surface area contributed by atoms with Crippen molar-refractivity contribution in [3.63, 3.8) is 0 Å². The zero-order chi connectivity index (χ0) is 16.5. The quantitative estimate of drug-likeness (QED) is 0.655. The van der Waals surface area contributed by atoms with Gasteiger partial charge in [0.05, 0.1) is 6.21 Å². The van der Waals surface area contributed by atoms with Crippen LogP contribution >= 0.6 is 0 Å². The lowest BCUT2D eigenvalue weighted by Gasteiger charge is -2.05. The van der Waals surface area contributed by atoms with Crippen molar-refractivity contribution in [3.05, 3.63) is 71.3 Å². The van der Waals surface area contributed by atoms with Crippen LogP contribution < -0.4 is 10.2 Å². The number of nitrogens with one attached hydrogen (secondary N) is 1. The van der Waals surface area contributed by atoms with Crippen LogP contribution in [0.4, 0.5) is 0 Å². The van der Waals surface area contributed by atoms with Crippen molar-refractivity contribution in [2.75, 3.05) is 6.61 Å². The van der Waals surface area contributed by atoms with Crippen LogP contribution in [-0.4, -0.2) is 18.7 Å². The molecule has 23 heavy (non-hydrogen) atoms. The molecule has 0 bridgehead atoms. The number of benzene rings is 2. The number of aryl methyl sites for hydroxylation is 1. The fraction of sp³-hybridized carbons (Fsp3) is 0.158. The molecule has 0 atom stereocenters. The molecule has 118 valence electrons. The van der Waals surface area contributed by atoms with Gasteiger partial charge in [-0.3, -0.25) is 4.79 Å². The van der Waals surface area contributed by atoms with Gasteiger partial charge < -0.3 is 4.74 Å². The Bertz CT molecular complexity index is 706. The van der Waals surface area contributed by atoms with Crippen LogP contribution in [0.3, 0.4) is 0 Å². The molecular formula is C19H20N2O2. The number of nitrogens with zero attached hydrogens (tertiary/aromatic N) is 1. The van der Waals surface area contributed by atoms with Gasteiger partial charge in [-0.1, -0.05) is 48.5 Å². The normalized spacial score (nSPS) is 11.5. The van der Waals surface area contributed by atoms with Crippen LogP contribution in [0.2, 0.25) is 0 Å². The average Bonchev–Trinajstić information content (AvgIpc) is 2.54. The molecule has 1 N–H and O–H groups in total. The minimum Gasteiger partial charge on any atom is -0.484 e. The van der Waals surface area contributed by atoms with Gasteiger partial charge in [0.2, 0.25) is 0 Å². The van der Waals surface area contributed by atoms with Crippen molar-refractivity contribution < 1.29 is 9.53 Å². The maximum atomic E-state index is 11.7. The van der Waals surface area contributed by atoms with E-state index in [9.17, 15) is 4.79 Å². The van der Waals surface area contributed by atoms with Crippen LogP contribution in [0.15, 0.2) is 65.3 Å².